The number of likely N-dealkylation sites (tertiary alicyclic amines) is 1. The summed E-state index contributed by atoms with van der Waals surface area (Å²) in [6.45, 7) is 1.68. The summed E-state index contributed by atoms with van der Waals surface area (Å²) in [7, 11) is 0. The maximum Gasteiger partial charge on any atom is 0.416 e. The number of thioether (sulfide) groups is 1. The van der Waals surface area contributed by atoms with Crippen molar-refractivity contribution in [1.82, 2.24) is 4.90 Å². The molecule has 2 aliphatic heterocycles. The fourth-order valence-corrected chi connectivity index (χ4v) is 3.60. The largest absolute Gasteiger partial charge is 0.416 e. The predicted molar refractivity (Wildman–Crippen MR) is 84.9 cm³/mol. The van der Waals surface area contributed by atoms with Gasteiger partial charge in [0.15, 0.2) is 5.17 Å². The van der Waals surface area contributed by atoms with Crippen molar-refractivity contribution in [2.75, 3.05) is 13.1 Å². The third kappa shape index (κ3) is 3.60. The second kappa shape index (κ2) is 6.39. The van der Waals surface area contributed by atoms with E-state index in [1.165, 1.54) is 24.3 Å². The molecule has 0 unspecified atom stereocenters. The lowest BCUT2D eigenvalue weighted by molar-refractivity contribution is -0.137. The van der Waals surface area contributed by atoms with Gasteiger partial charge in [0, 0.05) is 13.1 Å². The van der Waals surface area contributed by atoms with E-state index in [0.717, 1.165) is 50.2 Å². The molecule has 7 heteroatoms. The molecule has 3 rings (SSSR count). The van der Waals surface area contributed by atoms with Crippen LogP contribution in [0.4, 0.5) is 13.2 Å². The molecular formula is C16H15F3N2OS. The van der Waals surface area contributed by atoms with Crippen LogP contribution in [-0.4, -0.2) is 29.1 Å². The molecular weight excluding hydrogens is 325 g/mol. The van der Waals surface area contributed by atoms with Gasteiger partial charge in [-0.25, -0.2) is 0 Å². The summed E-state index contributed by atoms with van der Waals surface area (Å²) in [4.78, 5) is 18.3. The molecule has 1 saturated heterocycles. The molecule has 23 heavy (non-hydrogen) atoms. The number of hydrogen-bond donors (Lipinski definition) is 0. The van der Waals surface area contributed by atoms with Gasteiger partial charge in [-0.1, -0.05) is 18.2 Å². The van der Waals surface area contributed by atoms with Crippen molar-refractivity contribution in [2.45, 2.75) is 25.4 Å². The summed E-state index contributed by atoms with van der Waals surface area (Å²) in [5.41, 5.74) is -0.752. The van der Waals surface area contributed by atoms with E-state index in [1.54, 1.807) is 0 Å². The number of benzene rings is 1. The molecule has 0 radical (unpaired) electrons. The molecule has 0 atom stereocenters. The molecule has 1 fully saturated rings. The van der Waals surface area contributed by atoms with E-state index < -0.39 is 17.6 Å². The Hall–Kier alpha value is -1.76. The summed E-state index contributed by atoms with van der Waals surface area (Å²) in [5, 5.41) is 0.602. The number of nitrogens with zero attached hydrogens (tertiary/aromatic N) is 2. The average Bonchev–Trinajstić information content (AvgIpc) is 2.89. The summed E-state index contributed by atoms with van der Waals surface area (Å²) >= 11 is 1.16. The molecule has 122 valence electrons. The van der Waals surface area contributed by atoms with E-state index in [4.69, 9.17) is 0 Å². The minimum atomic E-state index is -4.45. The highest BCUT2D eigenvalue weighted by molar-refractivity contribution is 8.18. The molecule has 0 aromatic heterocycles. The van der Waals surface area contributed by atoms with E-state index in [9.17, 15) is 18.0 Å². The zero-order chi connectivity index (χ0) is 16.4. The van der Waals surface area contributed by atoms with Gasteiger partial charge in [0.05, 0.1) is 10.5 Å². The first-order valence-corrected chi connectivity index (χ1v) is 8.20. The first-order valence-electron chi connectivity index (χ1n) is 7.39. The molecule has 3 nitrogen and oxygen atoms in total. The number of aliphatic imine (C=N–C) groups is 1. The highest BCUT2D eigenvalue weighted by Gasteiger charge is 2.33. The normalized spacial score (nSPS) is 21.0. The number of hydrogen-bond acceptors (Lipinski definition) is 3. The molecule has 1 amide bonds. The Morgan fingerprint density at radius 3 is 2.52 bits per heavy atom. The summed E-state index contributed by atoms with van der Waals surface area (Å²) < 4.78 is 39.1. The molecule has 2 heterocycles. The van der Waals surface area contributed by atoms with Crippen LogP contribution in [0.25, 0.3) is 6.08 Å². The Morgan fingerprint density at radius 2 is 1.83 bits per heavy atom. The third-order valence-corrected chi connectivity index (χ3v) is 4.83. The second-order valence-electron chi connectivity index (χ2n) is 5.44. The first-order chi connectivity index (χ1) is 10.9. The molecule has 1 aromatic carbocycles. The lowest BCUT2D eigenvalue weighted by Gasteiger charge is -2.27. The predicted octanol–water partition coefficient (Wildman–Crippen LogP) is 4.16. The van der Waals surface area contributed by atoms with Crippen molar-refractivity contribution in [3.05, 3.63) is 40.3 Å². The Bertz CT molecular complexity index is 676. The maximum atomic E-state index is 13.0. The minimum absolute atomic E-state index is 0.00839. The van der Waals surface area contributed by atoms with Crippen LogP contribution in [0.15, 0.2) is 34.2 Å². The van der Waals surface area contributed by atoms with Gasteiger partial charge in [-0.15, -0.1) is 0 Å². The molecule has 1 aromatic rings. The topological polar surface area (TPSA) is 32.7 Å². The maximum absolute atomic E-state index is 13.0. The van der Waals surface area contributed by atoms with Crippen LogP contribution >= 0.6 is 11.8 Å². The fraction of sp³-hybridized carbons (Fsp3) is 0.375. The number of piperidine rings is 1. The van der Waals surface area contributed by atoms with Crippen LogP contribution in [0.5, 0.6) is 0 Å². The van der Waals surface area contributed by atoms with Crippen LogP contribution in [-0.2, 0) is 11.0 Å². The number of amidine groups is 1. The van der Waals surface area contributed by atoms with Gasteiger partial charge in [0.1, 0.15) is 0 Å². The standard InChI is InChI=1S/C16H15F3N2OS/c17-16(18,19)12-7-3-2-6-11(12)10-13-14(22)20-15(23-13)21-8-4-1-5-9-21/h2-3,6-7,10H,1,4-5,8-9H2/b13-10-. The van der Waals surface area contributed by atoms with Gasteiger partial charge in [-0.2, -0.15) is 18.2 Å². The highest BCUT2D eigenvalue weighted by Crippen LogP contribution is 2.36. The number of halogens is 3. The van der Waals surface area contributed by atoms with Crippen LogP contribution in [0.1, 0.15) is 30.4 Å². The van der Waals surface area contributed by atoms with Crippen molar-refractivity contribution < 1.29 is 18.0 Å². The van der Waals surface area contributed by atoms with E-state index in [-0.39, 0.29) is 10.5 Å². The van der Waals surface area contributed by atoms with Crippen molar-refractivity contribution in [2.24, 2.45) is 4.99 Å². The quantitative estimate of drug-likeness (QED) is 0.720. The minimum Gasteiger partial charge on any atom is -0.351 e. The van der Waals surface area contributed by atoms with Crippen molar-refractivity contribution in [3.63, 3.8) is 0 Å². The van der Waals surface area contributed by atoms with Crippen molar-refractivity contribution in [1.29, 1.82) is 0 Å². The molecule has 0 saturated carbocycles. The number of amides is 1. The Labute approximate surface area is 136 Å². The second-order valence-corrected chi connectivity index (χ2v) is 6.45. The fourth-order valence-electron chi connectivity index (χ4n) is 2.64. The van der Waals surface area contributed by atoms with Gasteiger partial charge >= 0.3 is 6.18 Å². The first kappa shape index (κ1) is 16.1. The Balaban J connectivity index is 1.84. The Morgan fingerprint density at radius 1 is 1.13 bits per heavy atom. The molecule has 0 N–H and O–H groups in total. The van der Waals surface area contributed by atoms with Crippen LogP contribution in [0.3, 0.4) is 0 Å². The number of carbonyl (C=O) groups excluding carboxylic acids is 1. The number of rotatable bonds is 1. The van der Waals surface area contributed by atoms with Gasteiger partial charge in [-0.3, -0.25) is 4.79 Å². The summed E-state index contributed by atoms with van der Waals surface area (Å²) in [5.74, 6) is -0.465. The lowest BCUT2D eigenvalue weighted by Crippen LogP contribution is -2.33. The van der Waals surface area contributed by atoms with Gasteiger partial charge in [0.25, 0.3) is 5.91 Å². The number of alkyl halides is 3. The van der Waals surface area contributed by atoms with E-state index in [2.05, 4.69) is 4.99 Å². The molecule has 2 aliphatic rings. The summed E-state index contributed by atoms with van der Waals surface area (Å²) in [6, 6.07) is 5.24. The Kier molecular flexibility index (Phi) is 4.48. The highest BCUT2D eigenvalue weighted by atomic mass is 32.2. The zero-order valence-electron chi connectivity index (χ0n) is 12.3. The van der Waals surface area contributed by atoms with Crippen LogP contribution in [0.2, 0.25) is 0 Å². The average molecular weight is 340 g/mol. The van der Waals surface area contributed by atoms with E-state index >= 15 is 0 Å². The van der Waals surface area contributed by atoms with Crippen LogP contribution < -0.4 is 0 Å². The molecule has 0 spiro atoms. The van der Waals surface area contributed by atoms with Gasteiger partial charge < -0.3 is 4.90 Å². The van der Waals surface area contributed by atoms with E-state index in [1.807, 2.05) is 4.90 Å². The van der Waals surface area contributed by atoms with Crippen molar-refractivity contribution >= 4 is 28.9 Å². The monoisotopic (exact) mass is 340 g/mol. The lowest BCUT2D eigenvalue weighted by atomic mass is 10.1. The van der Waals surface area contributed by atoms with Crippen molar-refractivity contribution in [3.8, 4) is 0 Å². The smallest absolute Gasteiger partial charge is 0.351 e. The number of carbonyl (C=O) groups is 1. The SMILES string of the molecule is O=C1N=C(N2CCCCC2)S/C1=C\c1ccccc1C(F)(F)F. The molecule has 0 aliphatic carbocycles. The third-order valence-electron chi connectivity index (χ3n) is 3.79. The van der Waals surface area contributed by atoms with Gasteiger partial charge in [-0.05, 0) is 48.7 Å². The van der Waals surface area contributed by atoms with Gasteiger partial charge in [0.2, 0.25) is 0 Å². The van der Waals surface area contributed by atoms with E-state index in [0.29, 0.717) is 5.17 Å². The molecule has 0 bridgehead atoms. The van der Waals surface area contributed by atoms with Crippen LogP contribution in [0, 0.1) is 0 Å². The summed E-state index contributed by atoms with van der Waals surface area (Å²) in [6.07, 6.45) is 0.0876. The zero-order valence-corrected chi connectivity index (χ0v) is 13.1.